The molecule has 3 aliphatic rings. The van der Waals surface area contributed by atoms with Crippen molar-refractivity contribution in [2.24, 2.45) is 4.99 Å². The summed E-state index contributed by atoms with van der Waals surface area (Å²) < 4.78 is 13.6. The van der Waals surface area contributed by atoms with E-state index in [4.69, 9.17) is 11.6 Å². The molecule has 0 aliphatic carbocycles. The normalized spacial score (nSPS) is 22.9. The van der Waals surface area contributed by atoms with E-state index in [1.165, 1.54) is 6.20 Å². The second-order valence-corrected chi connectivity index (χ2v) is 9.82. The first-order chi connectivity index (χ1) is 15.5. The molecule has 1 aromatic heterocycles. The van der Waals surface area contributed by atoms with E-state index in [9.17, 15) is 9.28 Å². The number of quaternary nitrogens is 1. The Morgan fingerprint density at radius 3 is 2.94 bits per heavy atom. The molecule has 3 aliphatic heterocycles. The van der Waals surface area contributed by atoms with Gasteiger partial charge in [-0.2, -0.15) is 10.1 Å². The molecule has 5 rings (SSSR count). The highest BCUT2D eigenvalue weighted by atomic mass is 35.5. The monoisotopic (exact) mass is 472 g/mol. The number of hydrogen-bond donors (Lipinski definition) is 1. The molecule has 0 bridgehead atoms. The van der Waals surface area contributed by atoms with Crippen LogP contribution in [0, 0.1) is 6.92 Å². The third kappa shape index (κ3) is 3.98. The number of halogens is 2. The van der Waals surface area contributed by atoms with Gasteiger partial charge in [-0.15, -0.1) is 11.3 Å². The summed E-state index contributed by atoms with van der Waals surface area (Å²) in [5.41, 5.74) is 2.26. The van der Waals surface area contributed by atoms with Crippen molar-refractivity contribution in [2.75, 3.05) is 13.2 Å². The molecular formula is C23H24ClFN5OS+. The summed E-state index contributed by atoms with van der Waals surface area (Å²) in [5.74, 6) is 0.675. The van der Waals surface area contributed by atoms with E-state index < -0.39 is 0 Å². The van der Waals surface area contributed by atoms with Crippen LogP contribution in [-0.2, 0) is 0 Å². The van der Waals surface area contributed by atoms with Crippen molar-refractivity contribution in [3.05, 3.63) is 64.2 Å². The Bertz CT molecular complexity index is 1130. The largest absolute Gasteiger partial charge is 0.334 e. The average Bonchev–Trinajstić information content (AvgIpc) is 3.34. The number of fused-ring (bicyclic) bond motifs is 1. The third-order valence-electron chi connectivity index (χ3n) is 6.08. The van der Waals surface area contributed by atoms with Crippen LogP contribution in [0.3, 0.4) is 0 Å². The van der Waals surface area contributed by atoms with Crippen molar-refractivity contribution in [3.8, 4) is 10.4 Å². The molecule has 32 heavy (non-hydrogen) atoms. The van der Waals surface area contributed by atoms with Crippen molar-refractivity contribution in [2.45, 2.75) is 38.6 Å². The Labute approximate surface area is 195 Å². The van der Waals surface area contributed by atoms with Crippen LogP contribution in [0.25, 0.3) is 10.4 Å². The number of benzene rings is 1. The van der Waals surface area contributed by atoms with E-state index in [2.05, 4.69) is 9.98 Å². The Morgan fingerprint density at radius 1 is 1.31 bits per heavy atom. The van der Waals surface area contributed by atoms with Crippen LogP contribution >= 0.6 is 22.9 Å². The Hall–Kier alpha value is -2.55. The zero-order valence-electron chi connectivity index (χ0n) is 17.7. The summed E-state index contributed by atoms with van der Waals surface area (Å²) in [6.45, 7) is 2.72. The number of amides is 1. The minimum absolute atomic E-state index is 0.0128. The van der Waals surface area contributed by atoms with Crippen molar-refractivity contribution in [1.29, 1.82) is 0 Å². The molecule has 1 fully saturated rings. The van der Waals surface area contributed by atoms with Crippen molar-refractivity contribution in [1.82, 2.24) is 15.0 Å². The van der Waals surface area contributed by atoms with Crippen molar-refractivity contribution < 1.29 is 14.2 Å². The van der Waals surface area contributed by atoms with Gasteiger partial charge in [0.15, 0.2) is 6.67 Å². The molecule has 0 saturated carbocycles. The van der Waals surface area contributed by atoms with Crippen LogP contribution in [0.1, 0.15) is 41.2 Å². The van der Waals surface area contributed by atoms with Gasteiger partial charge in [0.05, 0.1) is 9.88 Å². The van der Waals surface area contributed by atoms with E-state index >= 15 is 0 Å². The minimum atomic E-state index is -0.0415. The van der Waals surface area contributed by atoms with Gasteiger partial charge in [0, 0.05) is 31.3 Å². The molecule has 2 atom stereocenters. The lowest BCUT2D eigenvalue weighted by molar-refractivity contribution is -0.770. The maximum absolute atomic E-state index is 13.7. The Morgan fingerprint density at radius 2 is 2.12 bits per heavy atom. The quantitative estimate of drug-likeness (QED) is 0.542. The fourth-order valence-electron chi connectivity index (χ4n) is 4.52. The lowest BCUT2D eigenvalue weighted by atomic mass is 9.97. The topological polar surface area (TPSA) is 53.2 Å². The highest BCUT2D eigenvalue weighted by Gasteiger charge is 2.37. The molecular weight excluding hydrogens is 449 g/mol. The predicted molar refractivity (Wildman–Crippen MR) is 124 cm³/mol. The number of nitrogens with zero attached hydrogens (tertiary/aromatic N) is 4. The first-order valence-corrected chi connectivity index (χ1v) is 12.0. The fraction of sp³-hybridized carbons (Fsp3) is 0.348. The van der Waals surface area contributed by atoms with Crippen LogP contribution in [0.5, 0.6) is 0 Å². The van der Waals surface area contributed by atoms with Crippen LogP contribution in [-0.4, -0.2) is 46.0 Å². The zero-order valence-corrected chi connectivity index (χ0v) is 19.3. The molecule has 6 nitrogen and oxygen atoms in total. The van der Waals surface area contributed by atoms with Crippen LogP contribution in [0.2, 0.25) is 0 Å². The van der Waals surface area contributed by atoms with Crippen LogP contribution < -0.4 is 4.90 Å². The highest BCUT2D eigenvalue weighted by molar-refractivity contribution is 7.15. The van der Waals surface area contributed by atoms with E-state index in [1.807, 2.05) is 42.2 Å². The molecule has 0 radical (unpaired) electrons. The zero-order chi connectivity index (χ0) is 22.2. The smallest absolute Gasteiger partial charge is 0.274 e. The SMILES string of the molecule is Cc1nc(C(=O)N2CCCC[C@H]2CC2=C(Cl)[NH+]3CN(F)C=CC3=N2)c(-c2ccccc2)s1. The number of piperidine rings is 1. The van der Waals surface area contributed by atoms with Gasteiger partial charge in [-0.3, -0.25) is 4.79 Å². The Balaban J connectivity index is 1.41. The molecule has 9 heteroatoms. The number of likely N-dealkylation sites (tertiary alicyclic amines) is 1. The average molecular weight is 473 g/mol. The molecule has 1 unspecified atom stereocenters. The molecule has 166 valence electrons. The summed E-state index contributed by atoms with van der Waals surface area (Å²) in [5, 5.41) is 1.99. The molecule has 1 amide bonds. The number of carbonyl (C=O) groups is 1. The minimum Gasteiger partial charge on any atom is -0.334 e. The molecule has 0 spiro atoms. The second-order valence-electron chi connectivity index (χ2n) is 8.24. The predicted octanol–water partition coefficient (Wildman–Crippen LogP) is 3.88. The van der Waals surface area contributed by atoms with Gasteiger partial charge < -0.3 is 4.90 Å². The van der Waals surface area contributed by atoms with Gasteiger partial charge in [-0.1, -0.05) is 34.8 Å². The van der Waals surface area contributed by atoms with E-state index in [-0.39, 0.29) is 18.6 Å². The van der Waals surface area contributed by atoms with Crippen LogP contribution in [0.15, 0.2) is 58.5 Å². The molecule has 1 saturated heterocycles. The number of nitrogens with one attached hydrogen (secondary N) is 1. The summed E-state index contributed by atoms with van der Waals surface area (Å²) in [6.07, 6.45) is 6.45. The van der Waals surface area contributed by atoms with E-state index in [0.29, 0.717) is 39.7 Å². The highest BCUT2D eigenvalue weighted by Crippen LogP contribution is 2.33. The lowest BCUT2D eigenvalue weighted by Crippen LogP contribution is -3.13. The van der Waals surface area contributed by atoms with Crippen molar-refractivity contribution in [3.63, 3.8) is 0 Å². The number of thiazole rings is 1. The summed E-state index contributed by atoms with van der Waals surface area (Å²) in [7, 11) is 0. The number of amidine groups is 1. The number of carbonyl (C=O) groups excluding carboxylic acids is 1. The number of aliphatic imine (C=N–C) groups is 1. The van der Waals surface area contributed by atoms with Gasteiger partial charge in [-0.05, 0) is 43.4 Å². The molecule has 1 aromatic carbocycles. The second kappa shape index (κ2) is 8.77. The van der Waals surface area contributed by atoms with Crippen molar-refractivity contribution >= 4 is 34.7 Å². The van der Waals surface area contributed by atoms with Crippen LogP contribution in [0.4, 0.5) is 4.48 Å². The number of aromatic nitrogens is 1. The van der Waals surface area contributed by atoms with Gasteiger partial charge in [0.2, 0.25) is 11.0 Å². The first-order valence-electron chi connectivity index (χ1n) is 10.8. The van der Waals surface area contributed by atoms with Gasteiger partial charge in [-0.25, -0.2) is 9.88 Å². The number of hydrogen-bond acceptors (Lipinski definition) is 5. The third-order valence-corrected chi connectivity index (χ3v) is 7.54. The van der Waals surface area contributed by atoms with Gasteiger partial charge >= 0.3 is 0 Å². The molecule has 4 heterocycles. The first kappa shape index (κ1) is 21.3. The standard InChI is InChI=1S/C23H23ClFN5OS/c1-15-26-20(21(32-15)16-7-3-2-4-8-16)23(31)29-11-6-5-9-17(29)13-18-22(24)30-14-28(25)12-10-19(30)27-18/h2-4,7-8,10,12,17H,5-6,9,11,13-14H2,1H3/p+1/t17-/m0/s1. The number of rotatable bonds is 4. The summed E-state index contributed by atoms with van der Waals surface area (Å²) >= 11 is 8.12. The number of aryl methyl sites for hydroxylation is 1. The molecule has 2 aromatic rings. The molecule has 1 N–H and O–H groups in total. The van der Waals surface area contributed by atoms with E-state index in [0.717, 1.165) is 40.4 Å². The summed E-state index contributed by atoms with van der Waals surface area (Å²) in [4.78, 5) is 26.5. The Kier molecular flexibility index (Phi) is 5.84. The maximum Gasteiger partial charge on any atom is 0.274 e. The maximum atomic E-state index is 13.7. The summed E-state index contributed by atoms with van der Waals surface area (Å²) in [6, 6.07) is 9.92. The van der Waals surface area contributed by atoms with Gasteiger partial charge in [0.25, 0.3) is 5.91 Å². The fourth-order valence-corrected chi connectivity index (χ4v) is 5.72. The van der Waals surface area contributed by atoms with E-state index in [1.54, 1.807) is 17.4 Å². The van der Waals surface area contributed by atoms with Gasteiger partial charge in [0.1, 0.15) is 11.4 Å². The lowest BCUT2D eigenvalue weighted by Gasteiger charge is -2.35.